The van der Waals surface area contributed by atoms with E-state index in [-0.39, 0.29) is 24.7 Å². The number of rotatable bonds is 3. The second kappa shape index (κ2) is 6.03. The number of aromatic nitrogens is 5. The van der Waals surface area contributed by atoms with Gasteiger partial charge < -0.3 is 9.42 Å². The van der Waals surface area contributed by atoms with Crippen molar-refractivity contribution in [3.63, 3.8) is 0 Å². The van der Waals surface area contributed by atoms with Crippen LogP contribution in [0.15, 0.2) is 16.8 Å². The topological polar surface area (TPSA) is 89.4 Å². The number of likely N-dealkylation sites (tertiary alicyclic amines) is 1. The third kappa shape index (κ3) is 3.24. The van der Waals surface area contributed by atoms with Gasteiger partial charge in [0.05, 0.1) is 17.7 Å². The highest BCUT2D eigenvalue weighted by Crippen LogP contribution is 2.31. The number of carbonyl (C=O) groups excluding carboxylic acids is 1. The maximum atomic E-state index is 12.6. The molecular weight excluding hydrogens is 365 g/mol. The van der Waals surface area contributed by atoms with E-state index < -0.39 is 24.5 Å². The van der Waals surface area contributed by atoms with E-state index >= 15 is 0 Å². The van der Waals surface area contributed by atoms with Crippen molar-refractivity contribution in [2.45, 2.75) is 32.4 Å². The molecule has 4 heterocycles. The van der Waals surface area contributed by atoms with Crippen LogP contribution in [0.3, 0.4) is 0 Å². The molecule has 0 radical (unpaired) electrons. The molecule has 0 saturated carbocycles. The minimum absolute atomic E-state index is 0.0943. The van der Waals surface area contributed by atoms with Gasteiger partial charge in [0.15, 0.2) is 5.65 Å². The van der Waals surface area contributed by atoms with E-state index in [0.717, 1.165) is 16.3 Å². The van der Waals surface area contributed by atoms with Gasteiger partial charge in [0.25, 0.3) is 0 Å². The van der Waals surface area contributed by atoms with Gasteiger partial charge in [-0.05, 0) is 19.9 Å². The minimum Gasteiger partial charge on any atom is -0.339 e. The lowest BCUT2D eigenvalue weighted by molar-refractivity contribution is -0.157. The molecule has 3 aromatic rings. The predicted octanol–water partition coefficient (Wildman–Crippen LogP) is 2.27. The highest BCUT2D eigenvalue weighted by Gasteiger charge is 2.40. The maximum Gasteiger partial charge on any atom is 0.406 e. The lowest BCUT2D eigenvalue weighted by atomic mass is 10.1. The molecule has 4 rings (SSSR count). The fourth-order valence-corrected chi connectivity index (χ4v) is 3.25. The fraction of sp³-hybridized carbons (Fsp3) is 0.438. The molecule has 8 nitrogen and oxygen atoms in total. The Morgan fingerprint density at radius 2 is 2.07 bits per heavy atom. The molecule has 3 aromatic heterocycles. The third-order valence-electron chi connectivity index (χ3n) is 4.39. The number of halogens is 3. The second-order valence-electron chi connectivity index (χ2n) is 6.58. The van der Waals surface area contributed by atoms with Gasteiger partial charge in [-0.3, -0.25) is 4.79 Å². The average molecular weight is 380 g/mol. The Labute approximate surface area is 151 Å². The first-order chi connectivity index (χ1) is 12.7. The molecule has 1 aliphatic heterocycles. The molecule has 0 N–H and O–H groups in total. The number of aryl methyl sites for hydroxylation is 2. The number of hydrogen-bond donors (Lipinski definition) is 0. The number of amides is 1. The highest BCUT2D eigenvalue weighted by atomic mass is 19.4. The molecule has 1 saturated heterocycles. The first-order valence-electron chi connectivity index (χ1n) is 8.22. The molecule has 0 aromatic carbocycles. The van der Waals surface area contributed by atoms with Crippen LogP contribution >= 0.6 is 0 Å². The lowest BCUT2D eigenvalue weighted by Gasteiger charge is -2.17. The van der Waals surface area contributed by atoms with Gasteiger partial charge >= 0.3 is 6.18 Å². The van der Waals surface area contributed by atoms with Gasteiger partial charge in [0.1, 0.15) is 6.54 Å². The zero-order chi connectivity index (χ0) is 19.3. The fourth-order valence-electron chi connectivity index (χ4n) is 3.25. The van der Waals surface area contributed by atoms with Crippen LogP contribution in [0.4, 0.5) is 13.2 Å². The Bertz CT molecular complexity index is 1020. The number of nitrogens with zero attached hydrogens (tertiary/aromatic N) is 6. The normalized spacial score (nSPS) is 18.0. The Morgan fingerprint density at radius 1 is 1.30 bits per heavy atom. The predicted molar refractivity (Wildman–Crippen MR) is 85.7 cm³/mol. The van der Waals surface area contributed by atoms with E-state index in [2.05, 4.69) is 20.2 Å². The first-order valence-corrected chi connectivity index (χ1v) is 8.22. The molecule has 0 spiro atoms. The summed E-state index contributed by atoms with van der Waals surface area (Å²) < 4.78 is 44.5. The Hall–Kier alpha value is -2.98. The molecule has 1 amide bonds. The molecule has 142 valence electrons. The number of alkyl halides is 3. The molecule has 0 aliphatic carbocycles. The molecule has 11 heteroatoms. The molecule has 0 unspecified atom stereocenters. The molecule has 1 aliphatic rings. The van der Waals surface area contributed by atoms with Crippen molar-refractivity contribution >= 4 is 11.6 Å². The summed E-state index contributed by atoms with van der Waals surface area (Å²) in [5.74, 6) is -0.786. The summed E-state index contributed by atoms with van der Waals surface area (Å²) >= 11 is 0. The number of carbonyl (C=O) groups is 1. The van der Waals surface area contributed by atoms with Crippen molar-refractivity contribution in [1.29, 1.82) is 0 Å². The van der Waals surface area contributed by atoms with Crippen LogP contribution in [0.25, 0.3) is 17.0 Å². The maximum absolute atomic E-state index is 12.6. The third-order valence-corrected chi connectivity index (χ3v) is 4.39. The highest BCUT2D eigenvalue weighted by molar-refractivity contribution is 5.79. The zero-order valence-electron chi connectivity index (χ0n) is 14.5. The molecule has 27 heavy (non-hydrogen) atoms. The first kappa shape index (κ1) is 17.4. The van der Waals surface area contributed by atoms with Crippen LogP contribution in [0.1, 0.15) is 29.6 Å². The minimum atomic E-state index is -4.44. The van der Waals surface area contributed by atoms with E-state index in [1.54, 1.807) is 10.7 Å². The standard InChI is InChI=1S/C16H15F3N6O2/c1-8-3-9(2)25-14(21-8)11(5-20-25)13-22-15(27-23-13)10-4-12(26)24(6-10)7-16(17,18)19/h3,5,10H,4,6-7H2,1-2H3/t10-/m1/s1. The van der Waals surface area contributed by atoms with Crippen LogP contribution in [0.5, 0.6) is 0 Å². The van der Waals surface area contributed by atoms with Gasteiger partial charge in [-0.15, -0.1) is 0 Å². The van der Waals surface area contributed by atoms with E-state index in [4.69, 9.17) is 4.52 Å². The second-order valence-corrected chi connectivity index (χ2v) is 6.58. The van der Waals surface area contributed by atoms with Crippen molar-refractivity contribution in [2.75, 3.05) is 13.1 Å². The van der Waals surface area contributed by atoms with Crippen molar-refractivity contribution in [1.82, 2.24) is 29.6 Å². The number of fused-ring (bicyclic) bond motifs is 1. The Balaban J connectivity index is 1.61. The summed E-state index contributed by atoms with van der Waals surface area (Å²) in [6.07, 6.45) is -2.98. The van der Waals surface area contributed by atoms with Crippen LogP contribution < -0.4 is 0 Å². The molecule has 1 fully saturated rings. The van der Waals surface area contributed by atoms with Gasteiger partial charge in [-0.2, -0.15) is 23.3 Å². The summed E-state index contributed by atoms with van der Waals surface area (Å²) in [5.41, 5.74) is 2.79. The molecule has 1 atom stereocenters. The van der Waals surface area contributed by atoms with Crippen molar-refractivity contribution < 1.29 is 22.5 Å². The largest absolute Gasteiger partial charge is 0.406 e. The van der Waals surface area contributed by atoms with Gasteiger partial charge in [-0.25, -0.2) is 9.50 Å². The van der Waals surface area contributed by atoms with Gasteiger partial charge in [0, 0.05) is 24.4 Å². The van der Waals surface area contributed by atoms with Crippen LogP contribution in [0, 0.1) is 13.8 Å². The van der Waals surface area contributed by atoms with Crippen molar-refractivity contribution in [3.8, 4) is 11.4 Å². The summed E-state index contributed by atoms with van der Waals surface area (Å²) in [6.45, 7) is 2.36. The quantitative estimate of drug-likeness (QED) is 0.693. The van der Waals surface area contributed by atoms with Crippen LogP contribution in [-0.4, -0.2) is 54.8 Å². The lowest BCUT2D eigenvalue weighted by Crippen LogP contribution is -2.35. The van der Waals surface area contributed by atoms with Crippen molar-refractivity contribution in [3.05, 3.63) is 29.5 Å². The average Bonchev–Trinajstić information content (AvgIpc) is 3.24. The van der Waals surface area contributed by atoms with Crippen molar-refractivity contribution in [2.24, 2.45) is 0 Å². The van der Waals surface area contributed by atoms with E-state index in [1.165, 1.54) is 0 Å². The Morgan fingerprint density at radius 3 is 2.81 bits per heavy atom. The van der Waals surface area contributed by atoms with E-state index in [1.807, 2.05) is 19.9 Å². The Kier molecular flexibility index (Phi) is 3.89. The summed E-state index contributed by atoms with van der Waals surface area (Å²) in [5, 5.41) is 8.16. The van der Waals surface area contributed by atoms with Gasteiger partial charge in [-0.1, -0.05) is 5.16 Å². The number of hydrogen-bond acceptors (Lipinski definition) is 6. The summed E-state index contributed by atoms with van der Waals surface area (Å²) in [4.78, 5) is 21.3. The summed E-state index contributed by atoms with van der Waals surface area (Å²) in [7, 11) is 0. The van der Waals surface area contributed by atoms with Crippen LogP contribution in [-0.2, 0) is 4.79 Å². The van der Waals surface area contributed by atoms with Gasteiger partial charge in [0.2, 0.25) is 17.6 Å². The van der Waals surface area contributed by atoms with Crippen LogP contribution in [0.2, 0.25) is 0 Å². The SMILES string of the molecule is Cc1cc(C)n2ncc(-c3noc([C@@H]4CC(=O)N(CC(F)(F)F)C4)n3)c2n1. The van der Waals surface area contributed by atoms with E-state index in [0.29, 0.717) is 11.2 Å². The molecular formula is C16H15F3N6O2. The summed E-state index contributed by atoms with van der Waals surface area (Å²) in [6, 6.07) is 1.88. The monoisotopic (exact) mass is 380 g/mol. The van der Waals surface area contributed by atoms with E-state index in [9.17, 15) is 18.0 Å². The smallest absolute Gasteiger partial charge is 0.339 e. The molecule has 0 bridgehead atoms. The zero-order valence-corrected chi connectivity index (χ0v) is 14.5.